The second kappa shape index (κ2) is 8.65. The van der Waals surface area contributed by atoms with Crippen LogP contribution in [0.2, 0.25) is 0 Å². The summed E-state index contributed by atoms with van der Waals surface area (Å²) < 4.78 is 16.0. The average molecular weight is 323 g/mol. The normalized spacial score (nSPS) is 10.8. The molecule has 0 fully saturated rings. The standard InChI is InChI=1S/C18H29NO4/c1-12(2)10-19(11-13(3)4)18(20)14-8-15(21-5)17(23-7)16(9-14)22-6/h8-9,12-13H,10-11H2,1-7H3. The Kier molecular flexibility index (Phi) is 7.20. The molecule has 0 atom stereocenters. The summed E-state index contributed by atoms with van der Waals surface area (Å²) in [7, 11) is 4.64. The monoisotopic (exact) mass is 323 g/mol. The lowest BCUT2D eigenvalue weighted by Crippen LogP contribution is -2.37. The summed E-state index contributed by atoms with van der Waals surface area (Å²) in [6.07, 6.45) is 0. The van der Waals surface area contributed by atoms with Crippen LogP contribution in [0, 0.1) is 11.8 Å². The van der Waals surface area contributed by atoms with Crippen molar-refractivity contribution >= 4 is 5.91 Å². The van der Waals surface area contributed by atoms with Crippen molar-refractivity contribution < 1.29 is 19.0 Å². The summed E-state index contributed by atoms with van der Waals surface area (Å²) in [6.45, 7) is 9.86. The first-order valence-corrected chi connectivity index (χ1v) is 7.93. The summed E-state index contributed by atoms with van der Waals surface area (Å²) in [4.78, 5) is 14.8. The molecule has 0 spiro atoms. The van der Waals surface area contributed by atoms with E-state index in [1.807, 2.05) is 4.90 Å². The van der Waals surface area contributed by atoms with Crippen LogP contribution in [0.1, 0.15) is 38.1 Å². The van der Waals surface area contributed by atoms with Gasteiger partial charge in [-0.15, -0.1) is 0 Å². The zero-order chi connectivity index (χ0) is 17.6. The van der Waals surface area contributed by atoms with Crippen molar-refractivity contribution in [2.75, 3.05) is 34.4 Å². The molecule has 5 nitrogen and oxygen atoms in total. The molecule has 0 radical (unpaired) electrons. The van der Waals surface area contributed by atoms with E-state index in [1.54, 1.807) is 33.5 Å². The molecule has 0 N–H and O–H groups in total. The van der Waals surface area contributed by atoms with Gasteiger partial charge in [-0.05, 0) is 24.0 Å². The number of benzene rings is 1. The van der Waals surface area contributed by atoms with Crippen molar-refractivity contribution in [1.82, 2.24) is 4.90 Å². The van der Waals surface area contributed by atoms with Gasteiger partial charge in [-0.25, -0.2) is 0 Å². The summed E-state index contributed by atoms with van der Waals surface area (Å²) >= 11 is 0. The molecule has 1 rings (SSSR count). The molecule has 1 amide bonds. The SMILES string of the molecule is COc1cc(C(=O)N(CC(C)C)CC(C)C)cc(OC)c1OC. The number of nitrogens with zero attached hydrogens (tertiary/aromatic N) is 1. The van der Waals surface area contributed by atoms with Crippen LogP contribution in [0.3, 0.4) is 0 Å². The van der Waals surface area contributed by atoms with Crippen LogP contribution >= 0.6 is 0 Å². The lowest BCUT2D eigenvalue weighted by molar-refractivity contribution is 0.0714. The molecule has 0 unspecified atom stereocenters. The van der Waals surface area contributed by atoms with E-state index >= 15 is 0 Å². The molecule has 0 saturated heterocycles. The van der Waals surface area contributed by atoms with Crippen molar-refractivity contribution in [2.45, 2.75) is 27.7 Å². The van der Waals surface area contributed by atoms with Gasteiger partial charge in [0.1, 0.15) is 0 Å². The highest BCUT2D eigenvalue weighted by atomic mass is 16.5. The van der Waals surface area contributed by atoms with E-state index < -0.39 is 0 Å². The number of carbonyl (C=O) groups excluding carboxylic acids is 1. The summed E-state index contributed by atoms with van der Waals surface area (Å²) in [5.41, 5.74) is 0.542. The van der Waals surface area contributed by atoms with Crippen LogP contribution < -0.4 is 14.2 Å². The van der Waals surface area contributed by atoms with Crippen molar-refractivity contribution in [1.29, 1.82) is 0 Å². The smallest absolute Gasteiger partial charge is 0.254 e. The Bertz CT molecular complexity index is 491. The van der Waals surface area contributed by atoms with Crippen LogP contribution in [0.5, 0.6) is 17.2 Å². The van der Waals surface area contributed by atoms with Gasteiger partial charge in [0.25, 0.3) is 5.91 Å². The minimum Gasteiger partial charge on any atom is -0.493 e. The largest absolute Gasteiger partial charge is 0.493 e. The van der Waals surface area contributed by atoms with Crippen molar-refractivity contribution in [3.05, 3.63) is 17.7 Å². The van der Waals surface area contributed by atoms with Crippen molar-refractivity contribution in [3.8, 4) is 17.2 Å². The maximum absolute atomic E-state index is 12.9. The third-order valence-corrected chi connectivity index (χ3v) is 3.37. The van der Waals surface area contributed by atoms with Gasteiger partial charge in [-0.3, -0.25) is 4.79 Å². The number of amides is 1. The van der Waals surface area contributed by atoms with Gasteiger partial charge >= 0.3 is 0 Å². The Balaban J connectivity index is 3.22. The third-order valence-electron chi connectivity index (χ3n) is 3.37. The molecule has 0 bridgehead atoms. The Morgan fingerprint density at radius 1 is 0.913 bits per heavy atom. The zero-order valence-corrected chi connectivity index (χ0v) is 15.3. The molecule has 0 saturated carbocycles. The molecule has 0 aliphatic rings. The van der Waals surface area contributed by atoms with E-state index in [0.29, 0.717) is 47.7 Å². The number of rotatable bonds is 8. The first-order valence-electron chi connectivity index (χ1n) is 7.93. The molecule has 1 aromatic rings. The minimum atomic E-state index is -0.0216. The second-order valence-corrected chi connectivity index (χ2v) is 6.41. The molecule has 130 valence electrons. The fourth-order valence-electron chi connectivity index (χ4n) is 2.51. The highest BCUT2D eigenvalue weighted by Gasteiger charge is 2.22. The second-order valence-electron chi connectivity index (χ2n) is 6.41. The van der Waals surface area contributed by atoms with Gasteiger partial charge < -0.3 is 19.1 Å². The van der Waals surface area contributed by atoms with Gasteiger partial charge in [0.05, 0.1) is 21.3 Å². The number of hydrogen-bond donors (Lipinski definition) is 0. The molecule has 0 aliphatic carbocycles. The van der Waals surface area contributed by atoms with Gasteiger partial charge in [0.2, 0.25) is 5.75 Å². The van der Waals surface area contributed by atoms with E-state index in [9.17, 15) is 4.79 Å². The molecule has 0 heterocycles. The highest BCUT2D eigenvalue weighted by Crippen LogP contribution is 2.38. The predicted octanol–water partition coefficient (Wildman–Crippen LogP) is 3.47. The predicted molar refractivity (Wildman–Crippen MR) is 91.7 cm³/mol. The van der Waals surface area contributed by atoms with Crippen LogP contribution in [-0.2, 0) is 0 Å². The molecule has 0 aliphatic heterocycles. The fourth-order valence-corrected chi connectivity index (χ4v) is 2.51. The van der Waals surface area contributed by atoms with E-state index in [0.717, 1.165) is 0 Å². The van der Waals surface area contributed by atoms with Crippen molar-refractivity contribution in [3.63, 3.8) is 0 Å². The third kappa shape index (κ3) is 5.05. The molecular weight excluding hydrogens is 294 g/mol. The highest BCUT2D eigenvalue weighted by molar-refractivity contribution is 5.95. The average Bonchev–Trinajstić information content (AvgIpc) is 2.50. The van der Waals surface area contributed by atoms with E-state index in [4.69, 9.17) is 14.2 Å². The fraction of sp³-hybridized carbons (Fsp3) is 0.611. The quantitative estimate of drug-likeness (QED) is 0.735. The van der Waals surface area contributed by atoms with Crippen molar-refractivity contribution in [2.24, 2.45) is 11.8 Å². The summed E-state index contributed by atoms with van der Waals surface area (Å²) in [5, 5.41) is 0. The van der Waals surface area contributed by atoms with E-state index in [1.165, 1.54) is 0 Å². The topological polar surface area (TPSA) is 48.0 Å². The Morgan fingerprint density at radius 2 is 1.35 bits per heavy atom. The van der Waals surface area contributed by atoms with Crippen LogP contribution in [0.15, 0.2) is 12.1 Å². The maximum atomic E-state index is 12.9. The van der Waals surface area contributed by atoms with Gasteiger partial charge in [-0.2, -0.15) is 0 Å². The number of methoxy groups -OCH3 is 3. The zero-order valence-electron chi connectivity index (χ0n) is 15.3. The van der Waals surface area contributed by atoms with Gasteiger partial charge in [0.15, 0.2) is 11.5 Å². The minimum absolute atomic E-state index is 0.0216. The lowest BCUT2D eigenvalue weighted by Gasteiger charge is -2.27. The first kappa shape index (κ1) is 19.1. The summed E-state index contributed by atoms with van der Waals surface area (Å²) in [5.74, 6) is 2.26. The van der Waals surface area contributed by atoms with Crippen LogP contribution in [0.4, 0.5) is 0 Å². The Morgan fingerprint density at radius 3 is 1.65 bits per heavy atom. The number of hydrogen-bond acceptors (Lipinski definition) is 4. The molecule has 23 heavy (non-hydrogen) atoms. The first-order chi connectivity index (χ1) is 10.8. The lowest BCUT2D eigenvalue weighted by atomic mass is 10.1. The van der Waals surface area contributed by atoms with Crippen LogP contribution in [-0.4, -0.2) is 45.2 Å². The maximum Gasteiger partial charge on any atom is 0.254 e. The van der Waals surface area contributed by atoms with E-state index in [-0.39, 0.29) is 5.91 Å². The number of ether oxygens (including phenoxy) is 3. The summed E-state index contributed by atoms with van der Waals surface area (Å²) in [6, 6.07) is 3.41. The molecule has 5 heteroatoms. The Hall–Kier alpha value is -1.91. The number of carbonyl (C=O) groups is 1. The molecule has 0 aromatic heterocycles. The van der Waals surface area contributed by atoms with E-state index in [2.05, 4.69) is 27.7 Å². The van der Waals surface area contributed by atoms with Crippen LogP contribution in [0.25, 0.3) is 0 Å². The molecular formula is C18H29NO4. The molecule has 1 aromatic carbocycles. The Labute approximate surface area is 139 Å². The van der Waals surface area contributed by atoms with Gasteiger partial charge in [-0.1, -0.05) is 27.7 Å². The van der Waals surface area contributed by atoms with Gasteiger partial charge in [0, 0.05) is 18.7 Å².